The number of aryl methyl sites for hydroxylation is 2. The fourth-order valence-electron chi connectivity index (χ4n) is 4.11. The summed E-state index contributed by atoms with van der Waals surface area (Å²) in [5, 5.41) is 21.3. The quantitative estimate of drug-likeness (QED) is 0.663. The predicted octanol–water partition coefficient (Wildman–Crippen LogP) is 1.97. The molecular weight excluding hydrogens is 392 g/mol. The van der Waals surface area contributed by atoms with Crippen LogP contribution in [0.25, 0.3) is 0 Å². The molecule has 0 bridgehead atoms. The molecule has 166 valence electrons. The molecule has 0 radical (unpaired) electrons. The number of rotatable bonds is 5. The van der Waals surface area contributed by atoms with Crippen LogP contribution in [0.3, 0.4) is 0 Å². The molecule has 3 N–H and O–H groups in total. The first-order chi connectivity index (χ1) is 13.8. The zero-order valence-electron chi connectivity index (χ0n) is 17.9. The standard InChI is InChI=1S/C15H23NO4S.C6H13NO/c1-11-8-14(20-3)9-12(2)15(11)21(18,19)16-7-5-4-6-13(16)10-17;8-5-6-3-1-2-4-7-6/h8-9,13,17H,4-7,10H2,1-3H3;6-8H,1-5H2/t13-;6-/m00/s1. The van der Waals surface area contributed by atoms with Crippen molar-refractivity contribution in [3.05, 3.63) is 23.3 Å². The molecule has 2 saturated heterocycles. The summed E-state index contributed by atoms with van der Waals surface area (Å²) in [4.78, 5) is 0.337. The molecule has 0 aromatic heterocycles. The minimum absolute atomic E-state index is 0.131. The lowest BCUT2D eigenvalue weighted by atomic mass is 10.1. The zero-order chi connectivity index (χ0) is 21.4. The van der Waals surface area contributed by atoms with Gasteiger partial charge in [-0.3, -0.25) is 0 Å². The highest BCUT2D eigenvalue weighted by Gasteiger charge is 2.35. The van der Waals surface area contributed by atoms with Crippen molar-refractivity contribution < 1.29 is 23.4 Å². The molecule has 2 atom stereocenters. The summed E-state index contributed by atoms with van der Waals surface area (Å²) in [7, 11) is -2.03. The second-order valence-electron chi connectivity index (χ2n) is 7.87. The number of aliphatic hydroxyl groups is 2. The van der Waals surface area contributed by atoms with E-state index in [2.05, 4.69) is 5.32 Å². The van der Waals surface area contributed by atoms with Gasteiger partial charge in [-0.05, 0) is 69.3 Å². The Morgan fingerprint density at radius 2 is 1.72 bits per heavy atom. The van der Waals surface area contributed by atoms with Gasteiger partial charge in [-0.25, -0.2) is 8.42 Å². The predicted molar refractivity (Wildman–Crippen MR) is 114 cm³/mol. The average Bonchev–Trinajstić information content (AvgIpc) is 2.74. The van der Waals surface area contributed by atoms with Crippen LogP contribution < -0.4 is 10.1 Å². The van der Waals surface area contributed by atoms with Gasteiger partial charge in [0.05, 0.1) is 25.2 Å². The third-order valence-electron chi connectivity index (χ3n) is 5.65. The van der Waals surface area contributed by atoms with Gasteiger partial charge < -0.3 is 20.3 Å². The maximum Gasteiger partial charge on any atom is 0.243 e. The second-order valence-corrected chi connectivity index (χ2v) is 9.70. The van der Waals surface area contributed by atoms with Gasteiger partial charge in [0, 0.05) is 18.6 Å². The molecule has 1 aromatic carbocycles. The van der Waals surface area contributed by atoms with E-state index < -0.39 is 10.0 Å². The van der Waals surface area contributed by atoms with Crippen molar-refractivity contribution >= 4 is 10.0 Å². The molecule has 0 amide bonds. The zero-order valence-corrected chi connectivity index (χ0v) is 18.7. The number of sulfonamides is 1. The van der Waals surface area contributed by atoms with E-state index in [0.29, 0.717) is 47.4 Å². The van der Waals surface area contributed by atoms with E-state index in [1.807, 2.05) is 0 Å². The van der Waals surface area contributed by atoms with Gasteiger partial charge in [0.1, 0.15) is 5.75 Å². The van der Waals surface area contributed by atoms with E-state index in [4.69, 9.17) is 9.84 Å². The molecular formula is C21H36N2O5S. The highest BCUT2D eigenvalue weighted by atomic mass is 32.2. The molecule has 8 heteroatoms. The van der Waals surface area contributed by atoms with Gasteiger partial charge in [-0.2, -0.15) is 4.31 Å². The van der Waals surface area contributed by atoms with E-state index in [1.54, 1.807) is 33.1 Å². The molecule has 0 aliphatic carbocycles. The molecule has 2 heterocycles. The Morgan fingerprint density at radius 3 is 2.21 bits per heavy atom. The summed E-state index contributed by atoms with van der Waals surface area (Å²) < 4.78 is 32.6. The first-order valence-corrected chi connectivity index (χ1v) is 11.9. The summed E-state index contributed by atoms with van der Waals surface area (Å²) in [5.41, 5.74) is 1.35. The molecule has 0 unspecified atom stereocenters. The van der Waals surface area contributed by atoms with Crippen LogP contribution in [0.15, 0.2) is 17.0 Å². The van der Waals surface area contributed by atoms with E-state index in [0.717, 1.165) is 25.8 Å². The van der Waals surface area contributed by atoms with E-state index in [9.17, 15) is 13.5 Å². The lowest BCUT2D eigenvalue weighted by Gasteiger charge is -2.34. The number of piperidine rings is 2. The van der Waals surface area contributed by atoms with Gasteiger partial charge in [-0.1, -0.05) is 12.8 Å². The van der Waals surface area contributed by atoms with Crippen LogP contribution in [0.2, 0.25) is 0 Å². The largest absolute Gasteiger partial charge is 0.497 e. The van der Waals surface area contributed by atoms with Crippen LogP contribution in [-0.2, 0) is 10.0 Å². The normalized spacial score (nSPS) is 23.2. The number of hydrogen-bond donors (Lipinski definition) is 3. The van der Waals surface area contributed by atoms with Crippen LogP contribution in [0, 0.1) is 13.8 Å². The summed E-state index contributed by atoms with van der Waals surface area (Å²) >= 11 is 0. The Labute approximate surface area is 175 Å². The molecule has 29 heavy (non-hydrogen) atoms. The second kappa shape index (κ2) is 11.3. The minimum atomic E-state index is -3.59. The van der Waals surface area contributed by atoms with E-state index in [1.165, 1.54) is 17.1 Å². The lowest BCUT2D eigenvalue weighted by Crippen LogP contribution is -2.45. The SMILES string of the molecule is COc1cc(C)c(S(=O)(=O)N2CCCC[C@H]2CO)c(C)c1.OC[C@@H]1CCCCN1. The third kappa shape index (κ3) is 6.15. The molecule has 2 aliphatic rings. The number of methoxy groups -OCH3 is 1. The number of benzene rings is 1. The maximum atomic E-state index is 13.0. The van der Waals surface area contributed by atoms with E-state index in [-0.39, 0.29) is 12.6 Å². The fraction of sp³-hybridized carbons (Fsp3) is 0.714. The van der Waals surface area contributed by atoms with Crippen molar-refractivity contribution in [2.45, 2.75) is 69.4 Å². The van der Waals surface area contributed by atoms with Crippen LogP contribution in [0.4, 0.5) is 0 Å². The number of nitrogens with one attached hydrogen (secondary N) is 1. The molecule has 0 saturated carbocycles. The molecule has 2 fully saturated rings. The van der Waals surface area contributed by atoms with Crippen LogP contribution >= 0.6 is 0 Å². The topological polar surface area (TPSA) is 99.1 Å². The van der Waals surface area contributed by atoms with Gasteiger partial charge >= 0.3 is 0 Å². The molecule has 0 spiro atoms. The van der Waals surface area contributed by atoms with Crippen LogP contribution in [-0.4, -0.2) is 68.4 Å². The minimum Gasteiger partial charge on any atom is -0.497 e. The van der Waals surface area contributed by atoms with Crippen LogP contribution in [0.1, 0.15) is 49.7 Å². The summed E-state index contributed by atoms with van der Waals surface area (Å²) in [6.45, 7) is 5.29. The third-order valence-corrected chi connectivity index (χ3v) is 7.91. The van der Waals surface area contributed by atoms with Crippen molar-refractivity contribution in [3.63, 3.8) is 0 Å². The Morgan fingerprint density at radius 1 is 1.07 bits per heavy atom. The van der Waals surface area contributed by atoms with Crippen molar-refractivity contribution in [1.82, 2.24) is 9.62 Å². The smallest absolute Gasteiger partial charge is 0.243 e. The fourth-order valence-corrected chi connectivity index (χ4v) is 6.21. The number of hydrogen-bond acceptors (Lipinski definition) is 6. The van der Waals surface area contributed by atoms with Gasteiger partial charge in [0.25, 0.3) is 0 Å². The first kappa shape index (κ1) is 24.1. The van der Waals surface area contributed by atoms with Crippen molar-refractivity contribution in [1.29, 1.82) is 0 Å². The van der Waals surface area contributed by atoms with E-state index >= 15 is 0 Å². The Kier molecular flexibility index (Phi) is 9.36. The molecule has 1 aromatic rings. The monoisotopic (exact) mass is 428 g/mol. The summed E-state index contributed by atoms with van der Waals surface area (Å²) in [6, 6.07) is 3.55. The summed E-state index contributed by atoms with van der Waals surface area (Å²) in [5.74, 6) is 0.654. The molecule has 7 nitrogen and oxygen atoms in total. The lowest BCUT2D eigenvalue weighted by molar-refractivity contribution is 0.155. The van der Waals surface area contributed by atoms with Crippen molar-refractivity contribution in [2.24, 2.45) is 0 Å². The number of ether oxygens (including phenoxy) is 1. The highest BCUT2D eigenvalue weighted by Crippen LogP contribution is 2.31. The van der Waals surface area contributed by atoms with Gasteiger partial charge in [0.2, 0.25) is 10.0 Å². The number of nitrogens with zero attached hydrogens (tertiary/aromatic N) is 1. The Hall–Kier alpha value is -1.19. The molecule has 2 aliphatic heterocycles. The number of aliphatic hydroxyl groups excluding tert-OH is 2. The average molecular weight is 429 g/mol. The summed E-state index contributed by atoms with van der Waals surface area (Å²) in [6.07, 6.45) is 6.21. The van der Waals surface area contributed by atoms with Crippen LogP contribution in [0.5, 0.6) is 5.75 Å². The Bertz CT molecular complexity index is 724. The maximum absolute atomic E-state index is 13.0. The first-order valence-electron chi connectivity index (χ1n) is 10.5. The highest BCUT2D eigenvalue weighted by molar-refractivity contribution is 7.89. The van der Waals surface area contributed by atoms with Crippen molar-refractivity contribution in [3.8, 4) is 5.75 Å². The van der Waals surface area contributed by atoms with Gasteiger partial charge in [0.15, 0.2) is 0 Å². The Balaban J connectivity index is 0.000000313. The van der Waals surface area contributed by atoms with Crippen molar-refractivity contribution in [2.75, 3.05) is 33.4 Å². The van der Waals surface area contributed by atoms with Gasteiger partial charge in [-0.15, -0.1) is 0 Å². The molecule has 3 rings (SSSR count).